The minimum absolute atomic E-state index is 0.323. The molecule has 0 saturated heterocycles. The second-order valence-corrected chi connectivity index (χ2v) is 5.98. The Morgan fingerprint density at radius 3 is 2.65 bits per heavy atom. The Morgan fingerprint density at radius 2 is 2.10 bits per heavy atom. The van der Waals surface area contributed by atoms with Crippen LogP contribution in [0.4, 0.5) is 4.39 Å². The average Bonchev–Trinajstić information content (AvgIpc) is 2.85. The zero-order valence-electron chi connectivity index (χ0n) is 11.9. The summed E-state index contributed by atoms with van der Waals surface area (Å²) in [4.78, 5) is 4.47. The molecule has 2 aromatic rings. The van der Waals surface area contributed by atoms with Crippen molar-refractivity contribution < 1.29 is 9.13 Å². The third-order valence-corrected chi connectivity index (χ3v) is 4.11. The van der Waals surface area contributed by atoms with Crippen LogP contribution in [0.25, 0.3) is 0 Å². The topological polar surface area (TPSA) is 48.1 Å². The first-order valence-corrected chi connectivity index (χ1v) is 7.47. The molecule has 0 radical (unpaired) electrons. The Labute approximate surface area is 122 Å². The van der Waals surface area contributed by atoms with Crippen molar-refractivity contribution in [2.75, 3.05) is 0 Å². The first-order valence-electron chi connectivity index (χ1n) is 6.59. The number of hydrogen-bond donors (Lipinski definition) is 1. The molecule has 0 spiro atoms. The number of nitrogens with two attached hydrogens (primary N) is 1. The molecule has 3 nitrogen and oxygen atoms in total. The van der Waals surface area contributed by atoms with Gasteiger partial charge in [0.05, 0.1) is 10.7 Å². The molecule has 1 unspecified atom stereocenters. The molecule has 1 atom stereocenters. The first kappa shape index (κ1) is 14.9. The fourth-order valence-corrected chi connectivity index (χ4v) is 2.60. The highest BCUT2D eigenvalue weighted by Gasteiger charge is 2.09. The monoisotopic (exact) mass is 294 g/mol. The quantitative estimate of drug-likeness (QED) is 0.906. The van der Waals surface area contributed by atoms with E-state index in [0.717, 1.165) is 10.7 Å². The van der Waals surface area contributed by atoms with Crippen molar-refractivity contribution >= 4 is 11.3 Å². The molecule has 0 aliphatic heterocycles. The predicted molar refractivity (Wildman–Crippen MR) is 79.5 cm³/mol. The zero-order chi connectivity index (χ0) is 14.7. The van der Waals surface area contributed by atoms with Crippen LogP contribution in [0.2, 0.25) is 0 Å². The smallest absolute Gasteiger partial charge is 0.131 e. The van der Waals surface area contributed by atoms with E-state index < -0.39 is 0 Å². The minimum Gasteiger partial charge on any atom is -0.487 e. The fourth-order valence-electron chi connectivity index (χ4n) is 1.78. The third-order valence-electron chi connectivity index (χ3n) is 2.91. The summed E-state index contributed by atoms with van der Waals surface area (Å²) in [6.45, 7) is 6.30. The number of hydrogen-bond acceptors (Lipinski definition) is 4. The van der Waals surface area contributed by atoms with Crippen molar-refractivity contribution in [1.29, 1.82) is 0 Å². The first-order chi connectivity index (χ1) is 9.47. The molecule has 5 heteroatoms. The number of halogens is 1. The second-order valence-electron chi connectivity index (χ2n) is 5.09. The van der Waals surface area contributed by atoms with Gasteiger partial charge >= 0.3 is 0 Å². The van der Waals surface area contributed by atoms with Gasteiger partial charge in [0.25, 0.3) is 0 Å². The van der Waals surface area contributed by atoms with Gasteiger partial charge in [0.1, 0.15) is 18.2 Å². The highest BCUT2D eigenvalue weighted by molar-refractivity contribution is 7.09. The van der Waals surface area contributed by atoms with Crippen LogP contribution in [-0.4, -0.2) is 4.98 Å². The molecule has 0 bridgehead atoms. The van der Waals surface area contributed by atoms with Crippen LogP contribution >= 0.6 is 11.3 Å². The van der Waals surface area contributed by atoms with E-state index >= 15 is 0 Å². The number of nitrogens with zero attached hydrogens (tertiary/aromatic N) is 1. The van der Waals surface area contributed by atoms with Gasteiger partial charge in [-0.2, -0.15) is 0 Å². The van der Waals surface area contributed by atoms with Crippen molar-refractivity contribution in [2.45, 2.75) is 39.3 Å². The normalized spacial score (nSPS) is 12.7. The van der Waals surface area contributed by atoms with Crippen LogP contribution in [0.1, 0.15) is 49.0 Å². The highest BCUT2D eigenvalue weighted by atomic mass is 32.1. The molecule has 1 aromatic carbocycles. The van der Waals surface area contributed by atoms with E-state index in [1.807, 2.05) is 5.38 Å². The van der Waals surface area contributed by atoms with E-state index in [1.165, 1.54) is 6.07 Å². The molecule has 0 amide bonds. The van der Waals surface area contributed by atoms with Crippen LogP contribution in [-0.2, 0) is 6.61 Å². The van der Waals surface area contributed by atoms with Gasteiger partial charge in [0, 0.05) is 29.0 Å². The summed E-state index contributed by atoms with van der Waals surface area (Å²) in [5.41, 5.74) is 7.04. The maximum Gasteiger partial charge on any atom is 0.131 e. The molecule has 2 rings (SSSR count). The largest absolute Gasteiger partial charge is 0.487 e. The molecule has 108 valence electrons. The van der Waals surface area contributed by atoms with Crippen molar-refractivity contribution in [3.8, 4) is 5.75 Å². The number of thiazole rings is 1. The lowest BCUT2D eigenvalue weighted by atomic mass is 10.1. The standard InChI is InChI=1S/C15H19FN2OS/c1-9(2)15-18-11(8-20-15)7-19-12-4-5-13(10(3)17)14(16)6-12/h4-6,8-10H,7,17H2,1-3H3. The van der Waals surface area contributed by atoms with Crippen molar-refractivity contribution in [2.24, 2.45) is 5.73 Å². The Balaban J connectivity index is 2.01. The maximum atomic E-state index is 13.8. The van der Waals surface area contributed by atoms with E-state index in [-0.39, 0.29) is 11.9 Å². The van der Waals surface area contributed by atoms with Crippen LogP contribution in [0.5, 0.6) is 5.75 Å². The van der Waals surface area contributed by atoms with Gasteiger partial charge in [-0.3, -0.25) is 0 Å². The molecule has 0 saturated carbocycles. The number of benzene rings is 1. The van der Waals surface area contributed by atoms with E-state index in [9.17, 15) is 4.39 Å². The van der Waals surface area contributed by atoms with Crippen molar-refractivity contribution in [3.05, 3.63) is 45.7 Å². The van der Waals surface area contributed by atoms with Crippen LogP contribution in [0.3, 0.4) is 0 Å². The molecule has 20 heavy (non-hydrogen) atoms. The van der Waals surface area contributed by atoms with Gasteiger partial charge in [-0.1, -0.05) is 19.9 Å². The summed E-state index contributed by atoms with van der Waals surface area (Å²) >= 11 is 1.62. The van der Waals surface area contributed by atoms with Gasteiger partial charge in [0.2, 0.25) is 0 Å². The molecule has 1 aromatic heterocycles. The average molecular weight is 294 g/mol. The number of aromatic nitrogens is 1. The summed E-state index contributed by atoms with van der Waals surface area (Å²) in [5.74, 6) is 0.571. The molecule has 0 aliphatic rings. The van der Waals surface area contributed by atoms with E-state index in [2.05, 4.69) is 18.8 Å². The summed E-state index contributed by atoms with van der Waals surface area (Å²) in [6.07, 6.45) is 0. The Hall–Kier alpha value is -1.46. The third kappa shape index (κ3) is 3.55. The van der Waals surface area contributed by atoms with E-state index in [1.54, 1.807) is 30.4 Å². The minimum atomic E-state index is -0.335. The van der Waals surface area contributed by atoms with Crippen LogP contribution in [0, 0.1) is 5.82 Å². The molecular weight excluding hydrogens is 275 g/mol. The summed E-state index contributed by atoms with van der Waals surface area (Å²) in [5, 5.41) is 3.06. The molecule has 2 N–H and O–H groups in total. The maximum absolute atomic E-state index is 13.8. The summed E-state index contributed by atoms with van der Waals surface area (Å²) in [7, 11) is 0. The molecular formula is C15H19FN2OS. The highest BCUT2D eigenvalue weighted by Crippen LogP contribution is 2.23. The van der Waals surface area contributed by atoms with Crippen LogP contribution < -0.4 is 10.5 Å². The number of rotatable bonds is 5. The van der Waals surface area contributed by atoms with Crippen molar-refractivity contribution in [3.63, 3.8) is 0 Å². The van der Waals surface area contributed by atoms with E-state index in [4.69, 9.17) is 10.5 Å². The van der Waals surface area contributed by atoms with Gasteiger partial charge < -0.3 is 10.5 Å². The van der Waals surface area contributed by atoms with Gasteiger partial charge in [0.15, 0.2) is 0 Å². The predicted octanol–water partition coefficient (Wildman–Crippen LogP) is 4.00. The molecule has 0 aliphatic carbocycles. The van der Waals surface area contributed by atoms with Gasteiger partial charge in [-0.25, -0.2) is 9.37 Å². The zero-order valence-corrected chi connectivity index (χ0v) is 12.7. The second kappa shape index (κ2) is 6.33. The Kier molecular flexibility index (Phi) is 4.73. The van der Waals surface area contributed by atoms with Crippen LogP contribution in [0.15, 0.2) is 23.6 Å². The Bertz CT molecular complexity index is 581. The lowest BCUT2D eigenvalue weighted by Crippen LogP contribution is -2.07. The van der Waals surface area contributed by atoms with Gasteiger partial charge in [-0.05, 0) is 13.0 Å². The summed E-state index contributed by atoms with van der Waals surface area (Å²) in [6, 6.07) is 4.44. The fraction of sp³-hybridized carbons (Fsp3) is 0.400. The molecule has 0 fully saturated rings. The SMILES string of the molecule is CC(C)c1nc(COc2ccc(C(C)N)c(F)c2)cs1. The lowest BCUT2D eigenvalue weighted by Gasteiger charge is -2.09. The summed E-state index contributed by atoms with van der Waals surface area (Å²) < 4.78 is 19.3. The van der Waals surface area contributed by atoms with E-state index in [0.29, 0.717) is 23.8 Å². The van der Waals surface area contributed by atoms with Crippen molar-refractivity contribution in [1.82, 2.24) is 4.98 Å². The Morgan fingerprint density at radius 1 is 1.35 bits per heavy atom. The lowest BCUT2D eigenvalue weighted by molar-refractivity contribution is 0.300. The van der Waals surface area contributed by atoms with Gasteiger partial charge in [-0.15, -0.1) is 11.3 Å². The number of ether oxygens (including phenoxy) is 1. The molecule has 1 heterocycles.